The van der Waals surface area contributed by atoms with Gasteiger partial charge in [-0.2, -0.15) is 0 Å². The lowest BCUT2D eigenvalue weighted by Crippen LogP contribution is -2.23. The molecule has 1 aromatic heterocycles. The zero-order chi connectivity index (χ0) is 29.1. The number of thiophene rings is 1. The average molecular weight is 611 g/mol. The minimum atomic E-state index is -0.618. The van der Waals surface area contributed by atoms with E-state index in [1.165, 1.54) is 11.3 Å². The molecule has 5 rings (SSSR count). The Morgan fingerprint density at radius 1 is 1.00 bits per heavy atom. The molecule has 1 unspecified atom stereocenters. The van der Waals surface area contributed by atoms with E-state index in [4.69, 9.17) is 37.4 Å². The predicted molar refractivity (Wildman–Crippen MR) is 164 cm³/mol. The Labute approximate surface area is 253 Å². The summed E-state index contributed by atoms with van der Waals surface area (Å²) in [7, 11) is 1.62. The summed E-state index contributed by atoms with van der Waals surface area (Å²) in [5.74, 6) is 0.503. The van der Waals surface area contributed by atoms with E-state index in [1.807, 2.05) is 67.6 Å². The first-order valence-corrected chi connectivity index (χ1v) is 14.8. The highest BCUT2D eigenvalue weighted by atomic mass is 35.5. The molecule has 41 heavy (non-hydrogen) atoms. The summed E-state index contributed by atoms with van der Waals surface area (Å²) in [5, 5.41) is 3.35. The Hall–Kier alpha value is -3.52. The Morgan fingerprint density at radius 3 is 2.37 bits per heavy atom. The standard InChI is InChI=1S/C32H29Cl2NO5S/c1-4-39-30(36)32(15-16-32)22-12-9-20(10-13-22)24-14-11-21(17-27(24)38-3)29-26(18-28(34)41-29)35-31(37)40-19(2)23-7-5-6-8-25(23)33/h5-14,17-19H,4,15-16H2,1-3H3,(H,35,37). The molecule has 1 fully saturated rings. The van der Waals surface area contributed by atoms with Crippen LogP contribution in [0.5, 0.6) is 5.75 Å². The summed E-state index contributed by atoms with van der Waals surface area (Å²) >= 11 is 14.0. The van der Waals surface area contributed by atoms with Crippen LogP contribution >= 0.6 is 34.5 Å². The molecule has 1 N–H and O–H groups in total. The number of anilines is 1. The zero-order valence-corrected chi connectivity index (χ0v) is 25.2. The molecule has 1 amide bonds. The quantitative estimate of drug-likeness (QED) is 0.191. The van der Waals surface area contributed by atoms with Crippen molar-refractivity contribution in [3.63, 3.8) is 0 Å². The molecule has 0 saturated heterocycles. The van der Waals surface area contributed by atoms with Crippen LogP contribution in [0, 0.1) is 0 Å². The van der Waals surface area contributed by atoms with Gasteiger partial charge in [-0.15, -0.1) is 11.3 Å². The zero-order valence-electron chi connectivity index (χ0n) is 22.8. The molecule has 0 bridgehead atoms. The second-order valence-electron chi connectivity index (χ2n) is 9.78. The minimum absolute atomic E-state index is 0.157. The van der Waals surface area contributed by atoms with Crippen molar-refractivity contribution >= 4 is 52.3 Å². The van der Waals surface area contributed by atoms with E-state index >= 15 is 0 Å². The molecule has 0 radical (unpaired) electrons. The maximum absolute atomic E-state index is 12.8. The van der Waals surface area contributed by atoms with Crippen LogP contribution in [0.25, 0.3) is 21.6 Å². The lowest BCUT2D eigenvalue weighted by Gasteiger charge is -2.16. The van der Waals surface area contributed by atoms with E-state index in [9.17, 15) is 9.59 Å². The monoisotopic (exact) mass is 609 g/mol. The van der Waals surface area contributed by atoms with Crippen molar-refractivity contribution in [2.45, 2.75) is 38.2 Å². The van der Waals surface area contributed by atoms with Gasteiger partial charge in [0, 0.05) is 16.1 Å². The van der Waals surface area contributed by atoms with Crippen LogP contribution in [0.3, 0.4) is 0 Å². The molecule has 0 aliphatic heterocycles. The molecule has 3 aromatic carbocycles. The highest BCUT2D eigenvalue weighted by Crippen LogP contribution is 2.50. The number of nitrogens with one attached hydrogen (secondary N) is 1. The van der Waals surface area contributed by atoms with Gasteiger partial charge in [0.15, 0.2) is 0 Å². The molecule has 212 valence electrons. The number of hydrogen-bond acceptors (Lipinski definition) is 6. The number of halogens is 2. The van der Waals surface area contributed by atoms with Crippen molar-refractivity contribution in [3.8, 4) is 27.3 Å². The molecule has 4 aromatic rings. The van der Waals surface area contributed by atoms with Crippen LogP contribution in [-0.2, 0) is 19.7 Å². The third-order valence-electron chi connectivity index (χ3n) is 7.19. The summed E-state index contributed by atoms with van der Waals surface area (Å²) in [6, 6.07) is 22.7. The van der Waals surface area contributed by atoms with E-state index in [-0.39, 0.29) is 5.97 Å². The van der Waals surface area contributed by atoms with E-state index in [2.05, 4.69) is 5.32 Å². The van der Waals surface area contributed by atoms with Gasteiger partial charge in [0.25, 0.3) is 0 Å². The number of carbonyl (C=O) groups is 2. The van der Waals surface area contributed by atoms with Gasteiger partial charge >= 0.3 is 12.1 Å². The molecular weight excluding hydrogens is 581 g/mol. The number of methoxy groups -OCH3 is 1. The Balaban J connectivity index is 1.35. The molecule has 6 nitrogen and oxygen atoms in total. The van der Waals surface area contributed by atoms with E-state index in [0.29, 0.717) is 27.4 Å². The minimum Gasteiger partial charge on any atom is -0.496 e. The first-order chi connectivity index (χ1) is 19.8. The largest absolute Gasteiger partial charge is 0.496 e. The second kappa shape index (κ2) is 12.1. The predicted octanol–water partition coefficient (Wildman–Crippen LogP) is 9.30. The number of ether oxygens (including phenoxy) is 3. The normalized spacial score (nSPS) is 14.2. The van der Waals surface area contributed by atoms with Crippen molar-refractivity contribution in [1.82, 2.24) is 0 Å². The highest BCUT2D eigenvalue weighted by molar-refractivity contribution is 7.20. The lowest BCUT2D eigenvalue weighted by atomic mass is 9.93. The summed E-state index contributed by atoms with van der Waals surface area (Å²) < 4.78 is 17.2. The number of esters is 1. The number of amides is 1. The molecule has 0 spiro atoms. The first kappa shape index (κ1) is 29.0. The fraction of sp³-hybridized carbons (Fsp3) is 0.250. The second-order valence-corrected chi connectivity index (χ2v) is 11.9. The smallest absolute Gasteiger partial charge is 0.412 e. The third kappa shape index (κ3) is 6.08. The number of hydrogen-bond donors (Lipinski definition) is 1. The Kier molecular flexibility index (Phi) is 8.59. The number of rotatable bonds is 9. The summed E-state index contributed by atoms with van der Waals surface area (Å²) in [4.78, 5) is 26.0. The maximum Gasteiger partial charge on any atom is 0.412 e. The highest BCUT2D eigenvalue weighted by Gasteiger charge is 2.52. The molecule has 1 saturated carbocycles. The number of benzene rings is 3. The molecule has 1 atom stereocenters. The third-order valence-corrected chi connectivity index (χ3v) is 8.85. The summed E-state index contributed by atoms with van der Waals surface area (Å²) in [5.41, 5.74) is 4.38. The fourth-order valence-electron chi connectivity index (χ4n) is 4.88. The summed E-state index contributed by atoms with van der Waals surface area (Å²) in [6.45, 7) is 3.96. The van der Waals surface area contributed by atoms with E-state index < -0.39 is 17.6 Å². The Bertz CT molecular complexity index is 1580. The average Bonchev–Trinajstić information content (AvgIpc) is 3.70. The van der Waals surface area contributed by atoms with Crippen LogP contribution in [-0.4, -0.2) is 25.8 Å². The van der Waals surface area contributed by atoms with Crippen LogP contribution in [0.4, 0.5) is 10.5 Å². The van der Waals surface area contributed by atoms with Crippen LogP contribution in [0.1, 0.15) is 43.9 Å². The van der Waals surface area contributed by atoms with Crippen molar-refractivity contribution in [3.05, 3.63) is 93.3 Å². The topological polar surface area (TPSA) is 73.9 Å². The summed E-state index contributed by atoms with van der Waals surface area (Å²) in [6.07, 6.45) is 0.442. The van der Waals surface area contributed by atoms with Gasteiger partial charge in [-0.05, 0) is 61.6 Å². The van der Waals surface area contributed by atoms with Gasteiger partial charge in [0.05, 0.1) is 34.0 Å². The van der Waals surface area contributed by atoms with Crippen molar-refractivity contribution in [2.24, 2.45) is 0 Å². The van der Waals surface area contributed by atoms with Gasteiger partial charge in [-0.25, -0.2) is 4.79 Å². The SMILES string of the molecule is CCOC(=O)C1(c2ccc(-c3ccc(-c4sc(Cl)cc4NC(=O)OC(C)c4ccccc4Cl)cc3OC)cc2)CC1. The van der Waals surface area contributed by atoms with Crippen molar-refractivity contribution in [2.75, 3.05) is 19.0 Å². The number of carbonyl (C=O) groups excluding carboxylic acids is 2. The van der Waals surface area contributed by atoms with Gasteiger partial charge in [0.1, 0.15) is 11.9 Å². The maximum atomic E-state index is 12.8. The molecular formula is C32H29Cl2NO5S. The van der Waals surface area contributed by atoms with Crippen molar-refractivity contribution < 1.29 is 23.8 Å². The van der Waals surface area contributed by atoms with E-state index in [0.717, 1.165) is 45.5 Å². The lowest BCUT2D eigenvalue weighted by molar-refractivity contribution is -0.146. The van der Waals surface area contributed by atoms with Gasteiger partial charge in [-0.3, -0.25) is 10.1 Å². The van der Waals surface area contributed by atoms with Crippen LogP contribution < -0.4 is 10.1 Å². The molecule has 1 heterocycles. The first-order valence-electron chi connectivity index (χ1n) is 13.2. The molecule has 1 aliphatic rings. The van der Waals surface area contributed by atoms with Gasteiger partial charge in [-0.1, -0.05) is 77.8 Å². The van der Waals surface area contributed by atoms with Crippen LogP contribution in [0.2, 0.25) is 9.36 Å². The van der Waals surface area contributed by atoms with Crippen molar-refractivity contribution in [1.29, 1.82) is 0 Å². The van der Waals surface area contributed by atoms with Crippen LogP contribution in [0.15, 0.2) is 72.8 Å². The van der Waals surface area contributed by atoms with Gasteiger partial charge < -0.3 is 14.2 Å². The fourth-order valence-corrected chi connectivity index (χ4v) is 6.35. The Morgan fingerprint density at radius 2 is 1.71 bits per heavy atom. The van der Waals surface area contributed by atoms with Gasteiger partial charge in [0.2, 0.25) is 0 Å². The molecule has 1 aliphatic carbocycles. The van der Waals surface area contributed by atoms with E-state index in [1.54, 1.807) is 26.2 Å². The molecule has 9 heteroatoms.